The van der Waals surface area contributed by atoms with Gasteiger partial charge in [0.2, 0.25) is 0 Å². The average Bonchev–Trinajstić information content (AvgIpc) is 2.27. The van der Waals surface area contributed by atoms with Crippen LogP contribution >= 0.6 is 15.9 Å². The van der Waals surface area contributed by atoms with Gasteiger partial charge in [-0.1, -0.05) is 35.3 Å². The van der Waals surface area contributed by atoms with Crippen LogP contribution in [0, 0.1) is 6.92 Å². The molecule has 0 bridgehead atoms. The minimum absolute atomic E-state index is 0.652. The zero-order valence-electron chi connectivity index (χ0n) is 10.4. The smallest absolute Gasteiger partial charge is 0.119 e. The molecule has 1 aromatic rings. The molecule has 16 heavy (non-hydrogen) atoms. The molecule has 0 N–H and O–H groups in total. The van der Waals surface area contributed by atoms with Crippen LogP contribution in [0.5, 0.6) is 5.75 Å². The molecule has 1 atom stereocenters. The molecule has 1 aromatic carbocycles. The molecule has 0 aromatic heterocycles. The first-order chi connectivity index (χ1) is 7.67. The van der Waals surface area contributed by atoms with E-state index in [0.29, 0.717) is 4.83 Å². The molecule has 1 nitrogen and oxygen atoms in total. The van der Waals surface area contributed by atoms with E-state index in [2.05, 4.69) is 41.9 Å². The Bertz CT molecular complexity index is 323. The zero-order valence-corrected chi connectivity index (χ0v) is 12.0. The molecule has 0 saturated carbocycles. The highest BCUT2D eigenvalue weighted by Gasteiger charge is 2.05. The lowest BCUT2D eigenvalue weighted by molar-refractivity contribution is 0.414. The summed E-state index contributed by atoms with van der Waals surface area (Å²) in [7, 11) is 1.71. The third kappa shape index (κ3) is 4.17. The Kier molecular flexibility index (Phi) is 5.89. The molecule has 0 amide bonds. The maximum Gasteiger partial charge on any atom is 0.119 e. The lowest BCUT2D eigenvalue weighted by atomic mass is 10.0. The van der Waals surface area contributed by atoms with Crippen molar-refractivity contribution in [2.45, 2.75) is 44.4 Å². The molecule has 0 spiro atoms. The second-order valence-corrected chi connectivity index (χ2v) is 5.51. The molecule has 0 aliphatic heterocycles. The van der Waals surface area contributed by atoms with E-state index in [-0.39, 0.29) is 0 Å². The topological polar surface area (TPSA) is 9.23 Å². The van der Waals surface area contributed by atoms with Crippen LogP contribution in [0.15, 0.2) is 18.2 Å². The molecule has 0 heterocycles. The molecular formula is C14H21BrO. The first-order valence-corrected chi connectivity index (χ1v) is 6.86. The van der Waals surface area contributed by atoms with Crippen molar-refractivity contribution in [3.05, 3.63) is 29.3 Å². The summed E-state index contributed by atoms with van der Waals surface area (Å²) in [5, 5.41) is 0. The van der Waals surface area contributed by atoms with Crippen LogP contribution in [0.4, 0.5) is 0 Å². The van der Waals surface area contributed by atoms with Gasteiger partial charge < -0.3 is 4.74 Å². The summed E-state index contributed by atoms with van der Waals surface area (Å²) in [6.45, 7) is 4.38. The zero-order chi connectivity index (χ0) is 12.0. The van der Waals surface area contributed by atoms with E-state index in [4.69, 9.17) is 4.74 Å². The molecule has 1 unspecified atom stereocenters. The number of rotatable bonds is 6. The number of alkyl halides is 1. The lowest BCUT2D eigenvalue weighted by Crippen LogP contribution is -2.00. The van der Waals surface area contributed by atoms with E-state index in [1.54, 1.807) is 7.11 Å². The Morgan fingerprint density at radius 1 is 1.31 bits per heavy atom. The van der Waals surface area contributed by atoms with Crippen LogP contribution in [0.3, 0.4) is 0 Å². The summed E-state index contributed by atoms with van der Waals surface area (Å²) in [6.07, 6.45) is 4.86. The van der Waals surface area contributed by atoms with Crippen LogP contribution in [0.25, 0.3) is 0 Å². The Morgan fingerprint density at radius 2 is 2.06 bits per heavy atom. The van der Waals surface area contributed by atoms with Crippen molar-refractivity contribution in [2.75, 3.05) is 7.11 Å². The fraction of sp³-hybridized carbons (Fsp3) is 0.571. The number of hydrogen-bond donors (Lipinski definition) is 0. The van der Waals surface area contributed by atoms with Crippen molar-refractivity contribution < 1.29 is 4.74 Å². The van der Waals surface area contributed by atoms with E-state index in [9.17, 15) is 0 Å². The van der Waals surface area contributed by atoms with Gasteiger partial charge in [-0.25, -0.2) is 0 Å². The maximum atomic E-state index is 5.20. The van der Waals surface area contributed by atoms with Gasteiger partial charge in [0.1, 0.15) is 5.75 Å². The largest absolute Gasteiger partial charge is 0.497 e. The molecule has 2 heteroatoms. The third-order valence-corrected chi connectivity index (χ3v) is 3.79. The minimum atomic E-state index is 0.652. The lowest BCUT2D eigenvalue weighted by Gasteiger charge is -2.11. The van der Waals surface area contributed by atoms with Gasteiger partial charge in [-0.3, -0.25) is 0 Å². The van der Waals surface area contributed by atoms with Gasteiger partial charge >= 0.3 is 0 Å². The summed E-state index contributed by atoms with van der Waals surface area (Å²) >= 11 is 3.72. The van der Waals surface area contributed by atoms with Crippen LogP contribution in [0.1, 0.15) is 37.3 Å². The van der Waals surface area contributed by atoms with Gasteiger partial charge in [0.25, 0.3) is 0 Å². The molecule has 0 aliphatic rings. The van der Waals surface area contributed by atoms with Crippen molar-refractivity contribution in [1.29, 1.82) is 0 Å². The van der Waals surface area contributed by atoms with Crippen molar-refractivity contribution in [2.24, 2.45) is 0 Å². The molecule has 0 fully saturated rings. The highest BCUT2D eigenvalue weighted by atomic mass is 79.9. The second kappa shape index (κ2) is 6.95. The number of halogens is 1. The van der Waals surface area contributed by atoms with Gasteiger partial charge in [-0.15, -0.1) is 0 Å². The Morgan fingerprint density at radius 3 is 2.62 bits per heavy atom. The standard InChI is InChI=1S/C14H21BrO/c1-4-5-13(15)8-6-12-7-9-14(16-3)10-11(12)2/h7,9-10,13H,4-6,8H2,1-3H3. The van der Waals surface area contributed by atoms with Gasteiger partial charge in [-0.2, -0.15) is 0 Å². The van der Waals surface area contributed by atoms with Crippen LogP contribution in [-0.4, -0.2) is 11.9 Å². The quantitative estimate of drug-likeness (QED) is 0.699. The fourth-order valence-electron chi connectivity index (χ4n) is 1.85. The van der Waals surface area contributed by atoms with Crippen LogP contribution in [-0.2, 0) is 6.42 Å². The fourth-order valence-corrected chi connectivity index (χ4v) is 2.53. The highest BCUT2D eigenvalue weighted by molar-refractivity contribution is 9.09. The summed E-state index contributed by atoms with van der Waals surface area (Å²) in [4.78, 5) is 0.652. The predicted molar refractivity (Wildman–Crippen MR) is 73.7 cm³/mol. The van der Waals surface area contributed by atoms with Crippen LogP contribution in [0.2, 0.25) is 0 Å². The molecule has 90 valence electrons. The summed E-state index contributed by atoms with van der Waals surface area (Å²) in [6, 6.07) is 6.34. The Balaban J connectivity index is 2.54. The number of ether oxygens (including phenoxy) is 1. The first kappa shape index (κ1) is 13.6. The molecule has 0 saturated heterocycles. The first-order valence-electron chi connectivity index (χ1n) is 5.95. The third-order valence-electron chi connectivity index (χ3n) is 2.88. The van der Waals surface area contributed by atoms with Crippen molar-refractivity contribution in [3.8, 4) is 5.75 Å². The molecule has 0 radical (unpaired) electrons. The number of methoxy groups -OCH3 is 1. The molecular weight excluding hydrogens is 264 g/mol. The second-order valence-electron chi connectivity index (χ2n) is 4.22. The summed E-state index contributed by atoms with van der Waals surface area (Å²) in [5.41, 5.74) is 2.76. The number of benzene rings is 1. The molecule has 0 aliphatic carbocycles. The minimum Gasteiger partial charge on any atom is -0.497 e. The normalized spacial score (nSPS) is 12.5. The predicted octanol–water partition coefficient (Wildman–Crippen LogP) is 4.50. The van der Waals surface area contributed by atoms with E-state index < -0.39 is 0 Å². The van der Waals surface area contributed by atoms with Gasteiger partial charge in [-0.05, 0) is 49.4 Å². The Hall–Kier alpha value is -0.500. The van der Waals surface area contributed by atoms with Crippen molar-refractivity contribution in [1.82, 2.24) is 0 Å². The van der Waals surface area contributed by atoms with E-state index in [0.717, 1.165) is 12.2 Å². The Labute approximate surface area is 107 Å². The highest BCUT2D eigenvalue weighted by Crippen LogP contribution is 2.21. The van der Waals surface area contributed by atoms with Crippen LogP contribution < -0.4 is 4.74 Å². The average molecular weight is 285 g/mol. The molecule has 1 rings (SSSR count). The monoisotopic (exact) mass is 284 g/mol. The van der Waals surface area contributed by atoms with E-state index in [1.807, 2.05) is 6.07 Å². The van der Waals surface area contributed by atoms with Gasteiger partial charge in [0, 0.05) is 4.83 Å². The van der Waals surface area contributed by atoms with Gasteiger partial charge in [0.15, 0.2) is 0 Å². The van der Waals surface area contributed by atoms with E-state index in [1.165, 1.54) is 30.4 Å². The summed E-state index contributed by atoms with van der Waals surface area (Å²) in [5.74, 6) is 0.949. The number of hydrogen-bond acceptors (Lipinski definition) is 1. The van der Waals surface area contributed by atoms with Gasteiger partial charge in [0.05, 0.1) is 7.11 Å². The van der Waals surface area contributed by atoms with Crippen molar-refractivity contribution in [3.63, 3.8) is 0 Å². The van der Waals surface area contributed by atoms with Crippen molar-refractivity contribution >= 4 is 15.9 Å². The summed E-state index contributed by atoms with van der Waals surface area (Å²) < 4.78 is 5.20. The SMILES string of the molecule is CCCC(Br)CCc1ccc(OC)cc1C. The number of aryl methyl sites for hydroxylation is 2. The van der Waals surface area contributed by atoms with E-state index >= 15 is 0 Å². The maximum absolute atomic E-state index is 5.20.